The van der Waals surface area contributed by atoms with Crippen molar-refractivity contribution in [1.82, 2.24) is 0 Å². The van der Waals surface area contributed by atoms with E-state index >= 15 is 0 Å². The highest BCUT2D eigenvalue weighted by atomic mass is 16.7. The molecule has 0 amide bonds. The molecule has 76 valence electrons. The van der Waals surface area contributed by atoms with Gasteiger partial charge in [-0.15, -0.1) is 0 Å². The van der Waals surface area contributed by atoms with Gasteiger partial charge in [-0.05, 0) is 19.4 Å². The summed E-state index contributed by atoms with van der Waals surface area (Å²) in [5.41, 5.74) is 1.24. The third-order valence-electron chi connectivity index (χ3n) is 2.50. The van der Waals surface area contributed by atoms with Crippen molar-refractivity contribution in [3.63, 3.8) is 0 Å². The van der Waals surface area contributed by atoms with Crippen LogP contribution in [-0.2, 0) is 9.47 Å². The van der Waals surface area contributed by atoms with E-state index in [0.29, 0.717) is 0 Å². The van der Waals surface area contributed by atoms with Crippen molar-refractivity contribution >= 4 is 0 Å². The van der Waals surface area contributed by atoms with Crippen LogP contribution in [0, 0.1) is 0 Å². The lowest BCUT2D eigenvalue weighted by Crippen LogP contribution is -2.30. The molecule has 0 aliphatic carbocycles. The second-order valence-corrected chi connectivity index (χ2v) is 3.79. The van der Waals surface area contributed by atoms with E-state index in [4.69, 9.17) is 9.47 Å². The van der Waals surface area contributed by atoms with Gasteiger partial charge in [0, 0.05) is 6.42 Å². The van der Waals surface area contributed by atoms with E-state index in [1.165, 1.54) is 5.56 Å². The quantitative estimate of drug-likeness (QED) is 0.681. The van der Waals surface area contributed by atoms with Crippen LogP contribution in [0.2, 0.25) is 0 Å². The molecule has 3 atom stereocenters. The van der Waals surface area contributed by atoms with Gasteiger partial charge in [0.05, 0.1) is 12.2 Å². The van der Waals surface area contributed by atoms with Crippen LogP contribution in [0.4, 0.5) is 0 Å². The molecule has 1 fully saturated rings. The van der Waals surface area contributed by atoms with Crippen LogP contribution in [0.25, 0.3) is 0 Å². The molecule has 2 heteroatoms. The zero-order chi connectivity index (χ0) is 9.97. The maximum absolute atomic E-state index is 5.72. The predicted octanol–water partition coefficient (Wildman–Crippen LogP) is 2.90. The first-order valence-corrected chi connectivity index (χ1v) is 5.11. The summed E-state index contributed by atoms with van der Waals surface area (Å²) in [7, 11) is 0. The van der Waals surface area contributed by atoms with E-state index < -0.39 is 0 Å². The van der Waals surface area contributed by atoms with Crippen LogP contribution < -0.4 is 0 Å². The number of hydrogen-bond donors (Lipinski definition) is 0. The number of rotatable bonds is 1. The Morgan fingerprint density at radius 2 is 1.79 bits per heavy atom. The molecule has 0 radical (unpaired) electrons. The normalized spacial score (nSPS) is 32.9. The molecule has 0 saturated carbocycles. The number of hydrogen-bond acceptors (Lipinski definition) is 2. The Hall–Kier alpha value is -0.860. The van der Waals surface area contributed by atoms with Gasteiger partial charge in [0.1, 0.15) is 0 Å². The summed E-state index contributed by atoms with van der Waals surface area (Å²) in [5, 5.41) is 0. The molecule has 1 heterocycles. The van der Waals surface area contributed by atoms with Crippen molar-refractivity contribution in [2.24, 2.45) is 0 Å². The van der Waals surface area contributed by atoms with Crippen LogP contribution in [0.1, 0.15) is 31.9 Å². The number of ether oxygens (including phenoxy) is 2. The minimum absolute atomic E-state index is 0.0936. The molecule has 2 nitrogen and oxygen atoms in total. The molecular formula is C12H16O2. The Bertz CT molecular complexity index is 274. The van der Waals surface area contributed by atoms with Gasteiger partial charge in [-0.2, -0.15) is 0 Å². The van der Waals surface area contributed by atoms with E-state index in [-0.39, 0.29) is 18.5 Å². The third kappa shape index (κ3) is 2.14. The van der Waals surface area contributed by atoms with Gasteiger partial charge < -0.3 is 9.47 Å². The van der Waals surface area contributed by atoms with Crippen LogP contribution in [-0.4, -0.2) is 12.4 Å². The van der Waals surface area contributed by atoms with Crippen molar-refractivity contribution in [2.75, 3.05) is 0 Å². The molecule has 14 heavy (non-hydrogen) atoms. The van der Waals surface area contributed by atoms with E-state index in [0.717, 1.165) is 6.42 Å². The van der Waals surface area contributed by atoms with Crippen molar-refractivity contribution in [3.05, 3.63) is 35.9 Å². The first kappa shape index (κ1) is 9.69. The summed E-state index contributed by atoms with van der Waals surface area (Å²) in [5.74, 6) is 0. The van der Waals surface area contributed by atoms with Gasteiger partial charge in [-0.25, -0.2) is 0 Å². The molecule has 0 bridgehead atoms. The standard InChI is InChI=1S/C12H16O2/c1-9-8-12(14-10(2)13-9)11-6-4-3-5-7-11/h3-7,9-10,12H,8H2,1-2H3/t9-,10+,12-/m0/s1. The molecule has 0 aromatic heterocycles. The molecule has 0 N–H and O–H groups in total. The SMILES string of the molecule is C[C@H]1O[C@H](c2ccccc2)C[C@H](C)O1. The largest absolute Gasteiger partial charge is 0.350 e. The minimum Gasteiger partial charge on any atom is -0.350 e. The lowest BCUT2D eigenvalue weighted by molar-refractivity contribution is -0.231. The molecule has 1 aromatic carbocycles. The summed E-state index contributed by atoms with van der Waals surface area (Å²) in [4.78, 5) is 0. The lowest BCUT2D eigenvalue weighted by Gasteiger charge is -2.32. The van der Waals surface area contributed by atoms with Crippen molar-refractivity contribution in [2.45, 2.75) is 38.8 Å². The van der Waals surface area contributed by atoms with Crippen LogP contribution in [0.3, 0.4) is 0 Å². The fourth-order valence-corrected chi connectivity index (χ4v) is 1.89. The topological polar surface area (TPSA) is 18.5 Å². The molecule has 1 aliphatic rings. The Labute approximate surface area is 84.8 Å². The Kier molecular flexibility index (Phi) is 2.85. The van der Waals surface area contributed by atoms with Gasteiger partial charge in [-0.3, -0.25) is 0 Å². The van der Waals surface area contributed by atoms with Crippen LogP contribution in [0.15, 0.2) is 30.3 Å². The highest BCUT2D eigenvalue weighted by molar-refractivity contribution is 5.17. The zero-order valence-corrected chi connectivity index (χ0v) is 8.64. The number of benzene rings is 1. The molecule has 0 spiro atoms. The Balaban J connectivity index is 2.11. The minimum atomic E-state index is -0.0936. The maximum Gasteiger partial charge on any atom is 0.155 e. The summed E-state index contributed by atoms with van der Waals surface area (Å²) >= 11 is 0. The average molecular weight is 192 g/mol. The Morgan fingerprint density at radius 1 is 1.07 bits per heavy atom. The molecule has 1 aliphatic heterocycles. The lowest BCUT2D eigenvalue weighted by atomic mass is 10.0. The molecular weight excluding hydrogens is 176 g/mol. The third-order valence-corrected chi connectivity index (χ3v) is 2.50. The predicted molar refractivity (Wildman–Crippen MR) is 54.9 cm³/mol. The molecule has 0 unspecified atom stereocenters. The van der Waals surface area contributed by atoms with Crippen molar-refractivity contribution < 1.29 is 9.47 Å². The molecule has 1 aromatic rings. The van der Waals surface area contributed by atoms with E-state index in [1.54, 1.807) is 0 Å². The summed E-state index contributed by atoms with van der Waals surface area (Å²) in [6.45, 7) is 4.04. The first-order valence-electron chi connectivity index (χ1n) is 5.11. The fourth-order valence-electron chi connectivity index (χ4n) is 1.89. The fraction of sp³-hybridized carbons (Fsp3) is 0.500. The van der Waals surface area contributed by atoms with Crippen molar-refractivity contribution in [1.29, 1.82) is 0 Å². The Morgan fingerprint density at radius 3 is 2.43 bits per heavy atom. The van der Waals surface area contributed by atoms with Gasteiger partial charge in [0.25, 0.3) is 0 Å². The van der Waals surface area contributed by atoms with Crippen LogP contribution in [0.5, 0.6) is 0 Å². The smallest absolute Gasteiger partial charge is 0.155 e. The molecule has 1 saturated heterocycles. The van der Waals surface area contributed by atoms with Crippen molar-refractivity contribution in [3.8, 4) is 0 Å². The van der Waals surface area contributed by atoms with Gasteiger partial charge in [0.15, 0.2) is 6.29 Å². The second-order valence-electron chi connectivity index (χ2n) is 3.79. The maximum atomic E-state index is 5.72. The first-order chi connectivity index (χ1) is 6.75. The van der Waals surface area contributed by atoms with Gasteiger partial charge in [0.2, 0.25) is 0 Å². The van der Waals surface area contributed by atoms with Crippen LogP contribution >= 0.6 is 0 Å². The highest BCUT2D eigenvalue weighted by Crippen LogP contribution is 2.30. The summed E-state index contributed by atoms with van der Waals surface area (Å²) in [6, 6.07) is 10.3. The highest BCUT2D eigenvalue weighted by Gasteiger charge is 2.25. The van der Waals surface area contributed by atoms with E-state index in [1.807, 2.05) is 25.1 Å². The van der Waals surface area contributed by atoms with E-state index in [2.05, 4.69) is 19.1 Å². The second kappa shape index (κ2) is 4.11. The molecule has 2 rings (SSSR count). The average Bonchev–Trinajstić information content (AvgIpc) is 2.18. The summed E-state index contributed by atoms with van der Waals surface area (Å²) < 4.78 is 11.2. The van der Waals surface area contributed by atoms with E-state index in [9.17, 15) is 0 Å². The monoisotopic (exact) mass is 192 g/mol. The van der Waals surface area contributed by atoms with Gasteiger partial charge >= 0.3 is 0 Å². The summed E-state index contributed by atoms with van der Waals surface area (Å²) in [6.07, 6.45) is 1.32. The zero-order valence-electron chi connectivity index (χ0n) is 8.64. The van der Waals surface area contributed by atoms with Gasteiger partial charge in [-0.1, -0.05) is 30.3 Å².